The van der Waals surface area contributed by atoms with Crippen molar-refractivity contribution in [3.8, 4) is 0 Å². The van der Waals surface area contributed by atoms with Gasteiger partial charge in [-0.1, -0.05) is 0 Å². The van der Waals surface area contributed by atoms with Crippen molar-refractivity contribution in [2.24, 2.45) is 0 Å². The molecule has 1 aliphatic heterocycles. The Morgan fingerprint density at radius 2 is 2.05 bits per heavy atom. The van der Waals surface area contributed by atoms with Crippen molar-refractivity contribution >= 4 is 37.8 Å². The molecule has 1 amide bonds. The highest BCUT2D eigenvalue weighted by Gasteiger charge is 2.30. The van der Waals surface area contributed by atoms with E-state index in [9.17, 15) is 13.2 Å². The fourth-order valence-electron chi connectivity index (χ4n) is 2.26. The highest BCUT2D eigenvalue weighted by Crippen LogP contribution is 2.41. The molecule has 1 fully saturated rings. The maximum Gasteiger partial charge on any atom is 0.263 e. The Morgan fingerprint density at radius 3 is 2.57 bits per heavy atom. The molecule has 7 nitrogen and oxygen atoms in total. The summed E-state index contributed by atoms with van der Waals surface area (Å²) in [7, 11) is -3.50. The van der Waals surface area contributed by atoms with Crippen molar-refractivity contribution in [1.29, 1.82) is 0 Å². The van der Waals surface area contributed by atoms with Crippen LogP contribution in [-0.4, -0.2) is 53.3 Å². The van der Waals surface area contributed by atoms with E-state index in [1.165, 1.54) is 0 Å². The number of hydrogen-bond donors (Lipinski definition) is 3. The second-order valence-electron chi connectivity index (χ2n) is 4.85. The van der Waals surface area contributed by atoms with Gasteiger partial charge >= 0.3 is 0 Å². The Hall–Kier alpha value is -1.32. The third-order valence-electron chi connectivity index (χ3n) is 3.20. The van der Waals surface area contributed by atoms with E-state index < -0.39 is 9.84 Å². The molecule has 0 spiro atoms. The molecule has 1 aromatic heterocycles. The molecule has 21 heavy (non-hydrogen) atoms. The van der Waals surface area contributed by atoms with E-state index in [0.717, 1.165) is 30.7 Å². The first-order valence-corrected chi connectivity index (χ1v) is 9.43. The van der Waals surface area contributed by atoms with Gasteiger partial charge in [0, 0.05) is 39.0 Å². The van der Waals surface area contributed by atoms with Crippen molar-refractivity contribution < 1.29 is 13.2 Å². The maximum atomic E-state index is 12.1. The van der Waals surface area contributed by atoms with Crippen LogP contribution in [-0.2, 0) is 9.84 Å². The standard InChI is InChI=1S/C12H20N4O3S2/c1-3-15-11(17)9-8(13)10(21(2,18)19)12(20-9)16-6-4-14-5-7-16/h14H,3-7,13H2,1-2H3,(H,15,17). The minimum atomic E-state index is -3.50. The molecule has 4 N–H and O–H groups in total. The van der Waals surface area contributed by atoms with Crippen LogP contribution in [0, 0.1) is 0 Å². The number of nitrogens with one attached hydrogen (secondary N) is 2. The van der Waals surface area contributed by atoms with Crippen LogP contribution in [0.25, 0.3) is 0 Å². The lowest BCUT2D eigenvalue weighted by Gasteiger charge is -2.28. The van der Waals surface area contributed by atoms with Crippen molar-refractivity contribution in [3.05, 3.63) is 4.88 Å². The number of nitrogens with zero attached hydrogens (tertiary/aromatic N) is 1. The quantitative estimate of drug-likeness (QED) is 0.711. The Labute approximate surface area is 128 Å². The number of hydrogen-bond acceptors (Lipinski definition) is 7. The molecule has 0 radical (unpaired) electrons. The summed E-state index contributed by atoms with van der Waals surface area (Å²) in [6, 6.07) is 0. The monoisotopic (exact) mass is 332 g/mol. The maximum absolute atomic E-state index is 12.1. The van der Waals surface area contributed by atoms with Gasteiger partial charge in [0.25, 0.3) is 5.91 Å². The Balaban J connectivity index is 2.52. The number of carbonyl (C=O) groups excluding carboxylic acids is 1. The summed E-state index contributed by atoms with van der Waals surface area (Å²) < 4.78 is 24.1. The van der Waals surface area contributed by atoms with Gasteiger partial charge in [-0.3, -0.25) is 4.79 Å². The van der Waals surface area contributed by atoms with Crippen molar-refractivity contribution in [1.82, 2.24) is 10.6 Å². The summed E-state index contributed by atoms with van der Waals surface area (Å²) in [6.45, 7) is 5.20. The molecule has 2 rings (SSSR count). The average molecular weight is 332 g/mol. The molecule has 0 saturated carbocycles. The van der Waals surface area contributed by atoms with E-state index in [-0.39, 0.29) is 21.4 Å². The molecule has 0 aliphatic carbocycles. The molecule has 0 unspecified atom stereocenters. The SMILES string of the molecule is CCNC(=O)c1sc(N2CCNCC2)c(S(C)(=O)=O)c1N. The molecular formula is C12H20N4O3S2. The van der Waals surface area contributed by atoms with Crippen molar-refractivity contribution in [2.75, 3.05) is 49.6 Å². The minimum absolute atomic E-state index is 0.0574. The third-order valence-corrected chi connectivity index (χ3v) is 5.75. The highest BCUT2D eigenvalue weighted by atomic mass is 32.2. The highest BCUT2D eigenvalue weighted by molar-refractivity contribution is 7.91. The Morgan fingerprint density at radius 1 is 1.43 bits per heavy atom. The van der Waals surface area contributed by atoms with Crippen LogP contribution in [0.5, 0.6) is 0 Å². The first kappa shape index (κ1) is 16.1. The van der Waals surface area contributed by atoms with E-state index in [1.54, 1.807) is 6.92 Å². The summed E-state index contributed by atoms with van der Waals surface area (Å²) in [5, 5.41) is 6.44. The minimum Gasteiger partial charge on any atom is -0.396 e. The van der Waals surface area contributed by atoms with E-state index in [4.69, 9.17) is 5.73 Å². The molecule has 1 aromatic rings. The Bertz CT molecular complexity index is 633. The third kappa shape index (κ3) is 3.30. The van der Waals surface area contributed by atoms with Gasteiger partial charge in [0.05, 0.1) is 5.69 Å². The largest absolute Gasteiger partial charge is 0.396 e. The number of amides is 1. The number of carbonyl (C=O) groups is 1. The molecule has 0 aromatic carbocycles. The second kappa shape index (κ2) is 6.20. The predicted octanol–water partition coefficient (Wildman–Crippen LogP) is -0.107. The van der Waals surface area contributed by atoms with Crippen molar-refractivity contribution in [2.45, 2.75) is 11.8 Å². The number of nitrogens with two attached hydrogens (primary N) is 1. The second-order valence-corrected chi connectivity index (χ2v) is 7.80. The van der Waals surface area contributed by atoms with Gasteiger partial charge in [-0.15, -0.1) is 11.3 Å². The van der Waals surface area contributed by atoms with E-state index in [1.807, 2.05) is 4.90 Å². The zero-order valence-corrected chi connectivity index (χ0v) is 13.7. The van der Waals surface area contributed by atoms with Crippen LogP contribution in [0.2, 0.25) is 0 Å². The van der Waals surface area contributed by atoms with Gasteiger partial charge in [0.1, 0.15) is 14.8 Å². The van der Waals surface area contributed by atoms with Gasteiger partial charge in [0.2, 0.25) is 0 Å². The molecular weight excluding hydrogens is 312 g/mol. The molecule has 1 aliphatic rings. The first-order valence-electron chi connectivity index (χ1n) is 6.72. The van der Waals surface area contributed by atoms with E-state index in [0.29, 0.717) is 24.6 Å². The number of sulfone groups is 1. The summed E-state index contributed by atoms with van der Waals surface area (Å²) in [4.78, 5) is 14.4. The Kier molecular flexibility index (Phi) is 4.74. The smallest absolute Gasteiger partial charge is 0.263 e. The summed E-state index contributed by atoms with van der Waals surface area (Å²) in [5.74, 6) is -0.328. The molecule has 2 heterocycles. The van der Waals surface area contributed by atoms with Crippen LogP contribution < -0.4 is 21.3 Å². The lowest BCUT2D eigenvalue weighted by Crippen LogP contribution is -2.43. The number of anilines is 2. The molecule has 0 atom stereocenters. The number of thiophene rings is 1. The van der Waals surface area contributed by atoms with Crippen LogP contribution in [0.1, 0.15) is 16.6 Å². The lowest BCUT2D eigenvalue weighted by molar-refractivity contribution is 0.0960. The summed E-state index contributed by atoms with van der Waals surface area (Å²) in [5.41, 5.74) is 6.01. The van der Waals surface area contributed by atoms with Gasteiger partial charge < -0.3 is 21.3 Å². The van der Waals surface area contributed by atoms with E-state index in [2.05, 4.69) is 10.6 Å². The van der Waals surface area contributed by atoms with Gasteiger partial charge in [0.15, 0.2) is 9.84 Å². The van der Waals surface area contributed by atoms with Crippen LogP contribution in [0.3, 0.4) is 0 Å². The predicted molar refractivity (Wildman–Crippen MR) is 84.9 cm³/mol. The topological polar surface area (TPSA) is 105 Å². The summed E-state index contributed by atoms with van der Waals surface area (Å²) in [6.07, 6.45) is 1.12. The van der Waals surface area contributed by atoms with E-state index >= 15 is 0 Å². The molecule has 0 bridgehead atoms. The van der Waals surface area contributed by atoms with Gasteiger partial charge in [-0.25, -0.2) is 8.42 Å². The number of piperazine rings is 1. The van der Waals surface area contributed by atoms with Crippen molar-refractivity contribution in [3.63, 3.8) is 0 Å². The fourth-order valence-corrected chi connectivity index (χ4v) is 4.94. The zero-order valence-electron chi connectivity index (χ0n) is 12.1. The fraction of sp³-hybridized carbons (Fsp3) is 0.583. The zero-order chi connectivity index (χ0) is 15.6. The number of rotatable bonds is 4. The van der Waals surface area contributed by atoms with Gasteiger partial charge in [-0.2, -0.15) is 0 Å². The average Bonchev–Trinajstić information content (AvgIpc) is 2.77. The molecule has 9 heteroatoms. The lowest BCUT2D eigenvalue weighted by atomic mass is 10.3. The van der Waals surface area contributed by atoms with Gasteiger partial charge in [-0.05, 0) is 6.92 Å². The summed E-state index contributed by atoms with van der Waals surface area (Å²) >= 11 is 1.15. The number of nitrogen functional groups attached to an aromatic ring is 1. The van der Waals surface area contributed by atoms with Crippen LogP contribution in [0.4, 0.5) is 10.7 Å². The van der Waals surface area contributed by atoms with Crippen LogP contribution in [0.15, 0.2) is 4.90 Å². The first-order chi connectivity index (χ1) is 9.86. The molecule has 118 valence electrons. The van der Waals surface area contributed by atoms with Crippen LogP contribution >= 0.6 is 11.3 Å². The molecule has 1 saturated heterocycles. The normalized spacial score (nSPS) is 16.0.